The van der Waals surface area contributed by atoms with Gasteiger partial charge in [-0.05, 0) is 57.5 Å². The van der Waals surface area contributed by atoms with E-state index >= 15 is 0 Å². The van der Waals surface area contributed by atoms with E-state index in [0.717, 1.165) is 18.9 Å². The van der Waals surface area contributed by atoms with Crippen molar-refractivity contribution in [2.24, 2.45) is 0 Å². The van der Waals surface area contributed by atoms with Crippen LogP contribution in [0.15, 0.2) is 48.7 Å². The van der Waals surface area contributed by atoms with Crippen LogP contribution in [0.2, 0.25) is 0 Å². The monoisotopic (exact) mass is 283 g/mol. The second-order valence-electron chi connectivity index (χ2n) is 6.21. The summed E-state index contributed by atoms with van der Waals surface area (Å²) >= 11 is 0. The summed E-state index contributed by atoms with van der Waals surface area (Å²) in [5, 5.41) is 3.52. The van der Waals surface area contributed by atoms with Crippen molar-refractivity contribution < 1.29 is 0 Å². The highest BCUT2D eigenvalue weighted by atomic mass is 15.2. The lowest BCUT2D eigenvalue weighted by molar-refractivity contribution is 0.424. The highest BCUT2D eigenvalue weighted by Crippen LogP contribution is 2.23. The Kier molecular flexibility index (Phi) is 4.97. The van der Waals surface area contributed by atoms with E-state index in [0.29, 0.717) is 0 Å². The number of para-hydroxylation sites is 1. The van der Waals surface area contributed by atoms with Crippen LogP contribution in [0.1, 0.15) is 33.3 Å². The molecule has 0 unspecified atom stereocenters. The number of aromatic nitrogens is 1. The van der Waals surface area contributed by atoms with E-state index < -0.39 is 0 Å². The molecule has 1 N–H and O–H groups in total. The van der Waals surface area contributed by atoms with Gasteiger partial charge < -0.3 is 10.2 Å². The van der Waals surface area contributed by atoms with Crippen molar-refractivity contribution in [3.63, 3.8) is 0 Å². The molecule has 0 spiro atoms. The number of nitrogens with one attached hydrogen (secondary N) is 1. The Balaban J connectivity index is 2.19. The van der Waals surface area contributed by atoms with Crippen molar-refractivity contribution in [1.29, 1.82) is 0 Å². The summed E-state index contributed by atoms with van der Waals surface area (Å²) in [5.74, 6) is 0.997. The molecule has 1 aromatic heterocycles. The fourth-order valence-electron chi connectivity index (χ4n) is 2.17. The third kappa shape index (κ3) is 4.57. The first-order valence-electron chi connectivity index (χ1n) is 7.52. The predicted molar refractivity (Wildman–Crippen MR) is 90.0 cm³/mol. The van der Waals surface area contributed by atoms with Crippen molar-refractivity contribution in [2.75, 3.05) is 11.4 Å². The molecule has 0 fully saturated rings. The molecule has 0 aliphatic heterocycles. The molecular formula is C18H25N3. The lowest BCUT2D eigenvalue weighted by Crippen LogP contribution is -2.35. The molecule has 0 atom stereocenters. The molecule has 3 heteroatoms. The molecule has 0 radical (unpaired) electrons. The molecule has 0 saturated carbocycles. The fourth-order valence-corrected chi connectivity index (χ4v) is 2.17. The summed E-state index contributed by atoms with van der Waals surface area (Å²) in [6.45, 7) is 10.4. The minimum absolute atomic E-state index is 0.118. The third-order valence-electron chi connectivity index (χ3n) is 3.29. The van der Waals surface area contributed by atoms with Crippen LogP contribution in [0, 0.1) is 0 Å². The smallest absolute Gasteiger partial charge is 0.133 e. The Hall–Kier alpha value is -1.87. The van der Waals surface area contributed by atoms with Gasteiger partial charge in [0, 0.05) is 30.5 Å². The number of benzene rings is 1. The van der Waals surface area contributed by atoms with Crippen LogP contribution < -0.4 is 10.2 Å². The van der Waals surface area contributed by atoms with E-state index in [1.54, 1.807) is 0 Å². The Morgan fingerprint density at radius 1 is 1.10 bits per heavy atom. The van der Waals surface area contributed by atoms with E-state index in [9.17, 15) is 0 Å². The van der Waals surface area contributed by atoms with Crippen molar-refractivity contribution in [1.82, 2.24) is 10.3 Å². The maximum Gasteiger partial charge on any atom is 0.133 e. The molecule has 0 amide bonds. The summed E-state index contributed by atoms with van der Waals surface area (Å²) in [7, 11) is 0. The SMILES string of the molecule is CCN(c1ccccc1)c1cc(CNC(C)(C)C)ccn1. The fraction of sp³-hybridized carbons (Fsp3) is 0.389. The molecule has 112 valence electrons. The van der Waals surface area contributed by atoms with Gasteiger partial charge in [-0.1, -0.05) is 18.2 Å². The van der Waals surface area contributed by atoms with Gasteiger partial charge >= 0.3 is 0 Å². The maximum atomic E-state index is 4.53. The molecule has 0 bridgehead atoms. The lowest BCUT2D eigenvalue weighted by Gasteiger charge is -2.24. The van der Waals surface area contributed by atoms with Gasteiger partial charge in [0.05, 0.1) is 0 Å². The van der Waals surface area contributed by atoms with Crippen LogP contribution in [0.25, 0.3) is 0 Å². The second-order valence-corrected chi connectivity index (χ2v) is 6.21. The highest BCUT2D eigenvalue weighted by molar-refractivity contribution is 5.60. The molecule has 21 heavy (non-hydrogen) atoms. The normalized spacial score (nSPS) is 11.4. The van der Waals surface area contributed by atoms with Crippen LogP contribution in [-0.4, -0.2) is 17.1 Å². The predicted octanol–water partition coefficient (Wildman–Crippen LogP) is 4.13. The van der Waals surface area contributed by atoms with Crippen molar-refractivity contribution in [3.8, 4) is 0 Å². The number of nitrogens with zero attached hydrogens (tertiary/aromatic N) is 2. The quantitative estimate of drug-likeness (QED) is 0.894. The van der Waals surface area contributed by atoms with Crippen molar-refractivity contribution in [3.05, 3.63) is 54.2 Å². The summed E-state index contributed by atoms with van der Waals surface area (Å²) in [6, 6.07) is 14.6. The molecule has 0 saturated heterocycles. The topological polar surface area (TPSA) is 28.2 Å². The van der Waals surface area contributed by atoms with E-state index in [1.165, 1.54) is 11.3 Å². The van der Waals surface area contributed by atoms with Gasteiger partial charge in [0.25, 0.3) is 0 Å². The minimum atomic E-state index is 0.118. The number of pyridine rings is 1. The van der Waals surface area contributed by atoms with E-state index in [1.807, 2.05) is 12.3 Å². The first-order valence-corrected chi connectivity index (χ1v) is 7.52. The summed E-state index contributed by atoms with van der Waals surface area (Å²) in [5.41, 5.74) is 2.55. The average molecular weight is 283 g/mol. The maximum absolute atomic E-state index is 4.53. The Morgan fingerprint density at radius 2 is 1.81 bits per heavy atom. The number of rotatable bonds is 5. The summed E-state index contributed by atoms with van der Waals surface area (Å²) in [6.07, 6.45) is 1.89. The average Bonchev–Trinajstić information content (AvgIpc) is 2.47. The third-order valence-corrected chi connectivity index (χ3v) is 3.29. The Bertz CT molecular complexity index is 558. The first kappa shape index (κ1) is 15.5. The number of hydrogen-bond donors (Lipinski definition) is 1. The van der Waals surface area contributed by atoms with Crippen LogP contribution in [0.5, 0.6) is 0 Å². The molecule has 0 aliphatic carbocycles. The van der Waals surface area contributed by atoms with Crippen LogP contribution in [0.4, 0.5) is 11.5 Å². The Morgan fingerprint density at radius 3 is 2.43 bits per heavy atom. The van der Waals surface area contributed by atoms with Crippen molar-refractivity contribution >= 4 is 11.5 Å². The molecular weight excluding hydrogens is 258 g/mol. The van der Waals surface area contributed by atoms with E-state index in [4.69, 9.17) is 0 Å². The van der Waals surface area contributed by atoms with Crippen LogP contribution >= 0.6 is 0 Å². The Labute approximate surface area is 128 Å². The molecule has 1 aromatic carbocycles. The number of hydrogen-bond acceptors (Lipinski definition) is 3. The minimum Gasteiger partial charge on any atom is -0.327 e. The summed E-state index contributed by atoms with van der Waals surface area (Å²) in [4.78, 5) is 6.75. The van der Waals surface area contributed by atoms with Crippen LogP contribution in [-0.2, 0) is 6.54 Å². The molecule has 0 aliphatic rings. The van der Waals surface area contributed by atoms with Gasteiger partial charge in [0.1, 0.15) is 5.82 Å². The van der Waals surface area contributed by atoms with Crippen LogP contribution in [0.3, 0.4) is 0 Å². The number of anilines is 2. The van der Waals surface area contributed by atoms with Gasteiger partial charge in [-0.2, -0.15) is 0 Å². The summed E-state index contributed by atoms with van der Waals surface area (Å²) < 4.78 is 0. The van der Waals surface area contributed by atoms with Gasteiger partial charge in [0.2, 0.25) is 0 Å². The zero-order chi connectivity index (χ0) is 15.3. The zero-order valence-electron chi connectivity index (χ0n) is 13.4. The molecule has 1 heterocycles. The standard InChI is InChI=1S/C18H25N3/c1-5-21(16-9-7-6-8-10-16)17-13-15(11-12-19-17)14-20-18(2,3)4/h6-13,20H,5,14H2,1-4H3. The van der Waals surface area contributed by atoms with E-state index in [-0.39, 0.29) is 5.54 Å². The largest absolute Gasteiger partial charge is 0.327 e. The van der Waals surface area contributed by atoms with Gasteiger partial charge in [-0.15, -0.1) is 0 Å². The van der Waals surface area contributed by atoms with Crippen molar-refractivity contribution in [2.45, 2.75) is 39.8 Å². The first-order chi connectivity index (χ1) is 9.99. The van der Waals surface area contributed by atoms with Gasteiger partial charge in [0.15, 0.2) is 0 Å². The lowest BCUT2D eigenvalue weighted by atomic mass is 10.1. The molecule has 2 aromatic rings. The highest BCUT2D eigenvalue weighted by Gasteiger charge is 2.11. The van der Waals surface area contributed by atoms with Gasteiger partial charge in [-0.25, -0.2) is 4.98 Å². The zero-order valence-corrected chi connectivity index (χ0v) is 13.4. The van der Waals surface area contributed by atoms with Gasteiger partial charge in [-0.3, -0.25) is 0 Å². The molecule has 3 nitrogen and oxygen atoms in total. The second kappa shape index (κ2) is 6.72. The van der Waals surface area contributed by atoms with E-state index in [2.05, 4.69) is 79.3 Å². The molecule has 2 rings (SSSR count).